The van der Waals surface area contributed by atoms with Crippen LogP contribution in [0.2, 0.25) is 0 Å². The van der Waals surface area contributed by atoms with Crippen LogP contribution in [0.4, 0.5) is 5.69 Å². The van der Waals surface area contributed by atoms with Crippen molar-refractivity contribution in [2.45, 2.75) is 26.8 Å². The fraction of sp³-hybridized carbons (Fsp3) is 0.462. The van der Waals surface area contributed by atoms with Crippen molar-refractivity contribution in [3.05, 3.63) is 29.3 Å². The summed E-state index contributed by atoms with van der Waals surface area (Å²) in [5.74, 6) is 0. The molecule has 0 aliphatic carbocycles. The maximum Gasteiger partial charge on any atom is 0.101 e. The summed E-state index contributed by atoms with van der Waals surface area (Å²) < 4.78 is 0. The highest BCUT2D eigenvalue weighted by Gasteiger charge is 2.09. The first-order chi connectivity index (χ1) is 7.76. The van der Waals surface area contributed by atoms with Gasteiger partial charge in [0.2, 0.25) is 0 Å². The molecule has 0 aliphatic rings. The molecule has 1 rings (SSSR count). The molecule has 1 aromatic carbocycles. The number of benzene rings is 1. The first-order valence-corrected chi connectivity index (χ1v) is 5.74. The summed E-state index contributed by atoms with van der Waals surface area (Å²) in [6.07, 6.45) is 1.08. The molecule has 0 amide bonds. The molecule has 1 aromatic rings. The van der Waals surface area contributed by atoms with Gasteiger partial charge in [-0.3, -0.25) is 0 Å². The second kappa shape index (κ2) is 6.14. The summed E-state index contributed by atoms with van der Waals surface area (Å²) in [6, 6.07) is 8.12. The number of hydrogen-bond donors (Lipinski definition) is 1. The molecular weight excluding hydrogens is 198 g/mol. The van der Waals surface area contributed by atoms with Crippen molar-refractivity contribution in [2.75, 3.05) is 18.0 Å². The monoisotopic (exact) mass is 217 g/mol. The third kappa shape index (κ3) is 2.74. The van der Waals surface area contributed by atoms with Crippen molar-refractivity contribution in [1.82, 2.24) is 0 Å². The van der Waals surface area contributed by atoms with Crippen LogP contribution < -0.4 is 10.6 Å². The minimum atomic E-state index is 0.481. The van der Waals surface area contributed by atoms with Crippen LogP contribution in [0.1, 0.15) is 31.4 Å². The van der Waals surface area contributed by atoms with Crippen LogP contribution in [-0.4, -0.2) is 13.1 Å². The number of hydrogen-bond acceptors (Lipinski definition) is 3. The highest BCUT2D eigenvalue weighted by molar-refractivity contribution is 5.60. The van der Waals surface area contributed by atoms with Gasteiger partial charge in [0.15, 0.2) is 0 Å². The lowest BCUT2D eigenvalue weighted by atomic mass is 10.1. The number of rotatable bonds is 5. The van der Waals surface area contributed by atoms with Gasteiger partial charge in [0.05, 0.1) is 11.3 Å². The first kappa shape index (κ1) is 12.5. The molecule has 0 saturated carbocycles. The Morgan fingerprint density at radius 1 is 1.38 bits per heavy atom. The van der Waals surface area contributed by atoms with Crippen molar-refractivity contribution in [2.24, 2.45) is 5.73 Å². The summed E-state index contributed by atoms with van der Waals surface area (Å²) in [5.41, 5.74) is 8.31. The normalized spacial score (nSPS) is 9.88. The Morgan fingerprint density at radius 3 is 2.62 bits per heavy atom. The summed E-state index contributed by atoms with van der Waals surface area (Å²) in [4.78, 5) is 2.22. The van der Waals surface area contributed by atoms with Gasteiger partial charge in [0, 0.05) is 19.6 Å². The van der Waals surface area contributed by atoms with Gasteiger partial charge in [-0.2, -0.15) is 5.26 Å². The van der Waals surface area contributed by atoms with Crippen molar-refractivity contribution < 1.29 is 0 Å². The quantitative estimate of drug-likeness (QED) is 0.823. The van der Waals surface area contributed by atoms with Crippen molar-refractivity contribution in [3.8, 4) is 6.07 Å². The fourth-order valence-electron chi connectivity index (χ4n) is 1.79. The van der Waals surface area contributed by atoms with E-state index in [1.807, 2.05) is 18.2 Å². The predicted octanol–water partition coefficient (Wildman–Crippen LogP) is 2.25. The lowest BCUT2D eigenvalue weighted by molar-refractivity contribution is 0.790. The average Bonchev–Trinajstić information content (AvgIpc) is 2.35. The molecule has 0 radical (unpaired) electrons. The molecule has 0 spiro atoms. The van der Waals surface area contributed by atoms with E-state index in [0.29, 0.717) is 6.54 Å². The van der Waals surface area contributed by atoms with Gasteiger partial charge >= 0.3 is 0 Å². The Labute approximate surface area is 97.5 Å². The van der Waals surface area contributed by atoms with E-state index in [4.69, 9.17) is 11.0 Å². The molecular formula is C13H19N3. The van der Waals surface area contributed by atoms with Crippen molar-refractivity contribution in [1.29, 1.82) is 5.26 Å². The second-order valence-corrected chi connectivity index (χ2v) is 3.75. The zero-order valence-electron chi connectivity index (χ0n) is 10.0. The summed E-state index contributed by atoms with van der Waals surface area (Å²) in [5, 5.41) is 9.13. The van der Waals surface area contributed by atoms with E-state index in [1.54, 1.807) is 0 Å². The van der Waals surface area contributed by atoms with Gasteiger partial charge in [-0.1, -0.05) is 13.0 Å². The van der Waals surface area contributed by atoms with Crippen LogP contribution in [0.25, 0.3) is 0 Å². The number of nitrogens with zero attached hydrogens (tertiary/aromatic N) is 2. The molecule has 0 heterocycles. The second-order valence-electron chi connectivity index (χ2n) is 3.75. The van der Waals surface area contributed by atoms with Crippen LogP contribution in [0.5, 0.6) is 0 Å². The minimum absolute atomic E-state index is 0.481. The highest BCUT2D eigenvalue weighted by atomic mass is 15.1. The Bertz CT molecular complexity index is 379. The van der Waals surface area contributed by atoms with Gasteiger partial charge in [-0.15, -0.1) is 0 Å². The molecule has 0 atom stereocenters. The highest BCUT2D eigenvalue weighted by Crippen LogP contribution is 2.21. The average molecular weight is 217 g/mol. The standard InChI is InChI=1S/C13H19N3/c1-3-7-16(4-2)13-6-5-11(9-14)8-12(13)10-15/h5-6,8H,3-4,7,9,14H2,1-2H3. The Kier molecular flexibility index (Phi) is 4.81. The fourth-order valence-corrected chi connectivity index (χ4v) is 1.79. The zero-order valence-corrected chi connectivity index (χ0v) is 10.0. The summed E-state index contributed by atoms with van der Waals surface area (Å²) in [6.45, 7) is 6.63. The molecule has 3 heteroatoms. The van der Waals surface area contributed by atoms with Crippen molar-refractivity contribution in [3.63, 3.8) is 0 Å². The van der Waals surface area contributed by atoms with E-state index in [9.17, 15) is 0 Å². The largest absolute Gasteiger partial charge is 0.371 e. The molecule has 2 N–H and O–H groups in total. The number of nitriles is 1. The Hall–Kier alpha value is -1.53. The zero-order chi connectivity index (χ0) is 12.0. The van der Waals surface area contributed by atoms with E-state index < -0.39 is 0 Å². The maximum atomic E-state index is 9.13. The predicted molar refractivity (Wildman–Crippen MR) is 67.2 cm³/mol. The Morgan fingerprint density at radius 2 is 2.12 bits per heavy atom. The third-order valence-corrected chi connectivity index (χ3v) is 2.63. The maximum absolute atomic E-state index is 9.13. The number of anilines is 1. The number of nitrogens with two attached hydrogens (primary N) is 1. The molecule has 3 nitrogen and oxygen atoms in total. The lowest BCUT2D eigenvalue weighted by Gasteiger charge is -2.23. The Balaban J connectivity index is 3.07. The van der Waals surface area contributed by atoms with Gasteiger partial charge in [-0.25, -0.2) is 0 Å². The van der Waals surface area contributed by atoms with Crippen LogP contribution in [-0.2, 0) is 6.54 Å². The SMILES string of the molecule is CCCN(CC)c1ccc(CN)cc1C#N. The molecule has 86 valence electrons. The topological polar surface area (TPSA) is 53.0 Å². The molecule has 0 saturated heterocycles. The van der Waals surface area contributed by atoms with Crippen LogP contribution >= 0.6 is 0 Å². The summed E-state index contributed by atoms with van der Waals surface area (Å²) in [7, 11) is 0. The van der Waals surface area contributed by atoms with Gasteiger partial charge in [-0.05, 0) is 31.0 Å². The molecule has 16 heavy (non-hydrogen) atoms. The van der Waals surface area contributed by atoms with Gasteiger partial charge in [0.1, 0.15) is 6.07 Å². The van der Waals surface area contributed by atoms with E-state index in [0.717, 1.165) is 36.3 Å². The molecule has 0 aromatic heterocycles. The smallest absolute Gasteiger partial charge is 0.101 e. The summed E-state index contributed by atoms with van der Waals surface area (Å²) >= 11 is 0. The van der Waals surface area contributed by atoms with E-state index in [1.165, 1.54) is 0 Å². The van der Waals surface area contributed by atoms with Crippen LogP contribution in [0, 0.1) is 11.3 Å². The van der Waals surface area contributed by atoms with Crippen molar-refractivity contribution >= 4 is 5.69 Å². The third-order valence-electron chi connectivity index (χ3n) is 2.63. The van der Waals surface area contributed by atoms with E-state index in [2.05, 4.69) is 24.8 Å². The van der Waals surface area contributed by atoms with Gasteiger partial charge in [0.25, 0.3) is 0 Å². The van der Waals surface area contributed by atoms with E-state index in [-0.39, 0.29) is 0 Å². The lowest BCUT2D eigenvalue weighted by Crippen LogP contribution is -2.24. The molecule has 0 fully saturated rings. The van der Waals surface area contributed by atoms with Gasteiger partial charge < -0.3 is 10.6 Å². The van der Waals surface area contributed by atoms with Crippen LogP contribution in [0.3, 0.4) is 0 Å². The van der Waals surface area contributed by atoms with Crippen LogP contribution in [0.15, 0.2) is 18.2 Å². The molecule has 0 bridgehead atoms. The van der Waals surface area contributed by atoms with E-state index >= 15 is 0 Å². The minimum Gasteiger partial charge on any atom is -0.371 e. The molecule has 0 aliphatic heterocycles. The molecule has 0 unspecified atom stereocenters. The first-order valence-electron chi connectivity index (χ1n) is 5.74.